The van der Waals surface area contributed by atoms with Crippen LogP contribution < -0.4 is 0 Å². The number of benzene rings is 1. The Bertz CT molecular complexity index is 521. The smallest absolute Gasteiger partial charge is 0.164 e. The van der Waals surface area contributed by atoms with Crippen LogP contribution in [0.5, 0.6) is 0 Å². The standard InChI is InChI=1S/C16H22FNO4/c1-16(21)8-12-15(22-16)14(20)13(19)9-18(12)7-6-10-2-4-11(17)5-3-10/h2-5,12-15,19-21H,6-9H2,1H3/t12-,13-,14-,15+,16-/m1/s1. The first-order valence-corrected chi connectivity index (χ1v) is 7.60. The molecule has 122 valence electrons. The summed E-state index contributed by atoms with van der Waals surface area (Å²) < 4.78 is 18.4. The van der Waals surface area contributed by atoms with Gasteiger partial charge in [0.25, 0.3) is 0 Å². The van der Waals surface area contributed by atoms with Crippen molar-refractivity contribution < 1.29 is 24.4 Å². The van der Waals surface area contributed by atoms with Crippen molar-refractivity contribution in [2.24, 2.45) is 0 Å². The molecule has 2 fully saturated rings. The normalized spacial score (nSPS) is 39.0. The average molecular weight is 311 g/mol. The number of hydrogen-bond acceptors (Lipinski definition) is 5. The molecule has 0 radical (unpaired) electrons. The molecule has 0 spiro atoms. The van der Waals surface area contributed by atoms with Crippen LogP contribution in [-0.4, -0.2) is 63.4 Å². The Labute approximate surface area is 128 Å². The highest BCUT2D eigenvalue weighted by atomic mass is 19.1. The fourth-order valence-corrected chi connectivity index (χ4v) is 3.44. The first kappa shape index (κ1) is 15.8. The minimum atomic E-state index is -1.28. The van der Waals surface area contributed by atoms with Crippen LogP contribution in [0.1, 0.15) is 18.9 Å². The maximum absolute atomic E-state index is 12.9. The SMILES string of the molecule is C[C@]1(O)C[C@@H]2[C@H](O1)[C@H](O)[C@H](O)CN2CCc1ccc(F)cc1. The number of ether oxygens (including phenoxy) is 1. The second-order valence-corrected chi connectivity index (χ2v) is 6.46. The van der Waals surface area contributed by atoms with E-state index in [9.17, 15) is 19.7 Å². The topological polar surface area (TPSA) is 73.2 Å². The van der Waals surface area contributed by atoms with Gasteiger partial charge in [-0.3, -0.25) is 4.90 Å². The van der Waals surface area contributed by atoms with Gasteiger partial charge in [0.15, 0.2) is 5.79 Å². The van der Waals surface area contributed by atoms with Crippen molar-refractivity contribution in [3.05, 3.63) is 35.6 Å². The van der Waals surface area contributed by atoms with Crippen molar-refractivity contribution in [2.45, 2.75) is 49.9 Å². The van der Waals surface area contributed by atoms with Crippen LogP contribution >= 0.6 is 0 Å². The van der Waals surface area contributed by atoms with E-state index in [1.165, 1.54) is 12.1 Å². The van der Waals surface area contributed by atoms with Gasteiger partial charge < -0.3 is 20.1 Å². The van der Waals surface area contributed by atoms with Crippen LogP contribution in [0.3, 0.4) is 0 Å². The van der Waals surface area contributed by atoms with Crippen molar-refractivity contribution in [3.63, 3.8) is 0 Å². The number of rotatable bonds is 3. The molecule has 0 amide bonds. The third-order valence-electron chi connectivity index (χ3n) is 4.58. The zero-order valence-electron chi connectivity index (χ0n) is 12.5. The zero-order valence-corrected chi connectivity index (χ0v) is 12.5. The number of halogens is 1. The molecule has 0 aromatic heterocycles. The van der Waals surface area contributed by atoms with Crippen LogP contribution in [0.2, 0.25) is 0 Å². The zero-order chi connectivity index (χ0) is 15.9. The Balaban J connectivity index is 1.68. The highest BCUT2D eigenvalue weighted by molar-refractivity contribution is 5.16. The number of aliphatic hydroxyl groups excluding tert-OH is 2. The lowest BCUT2D eigenvalue weighted by molar-refractivity contribution is -0.213. The number of piperidine rings is 1. The second kappa shape index (κ2) is 5.86. The van der Waals surface area contributed by atoms with Crippen LogP contribution in [0, 0.1) is 5.82 Å². The van der Waals surface area contributed by atoms with Gasteiger partial charge in [0.05, 0.1) is 6.10 Å². The van der Waals surface area contributed by atoms with Gasteiger partial charge in [-0.2, -0.15) is 0 Å². The van der Waals surface area contributed by atoms with Gasteiger partial charge in [0.2, 0.25) is 0 Å². The van der Waals surface area contributed by atoms with Crippen LogP contribution in [0.15, 0.2) is 24.3 Å². The Hall–Kier alpha value is -1.05. The molecule has 3 N–H and O–H groups in total. The minimum absolute atomic E-state index is 0.131. The first-order valence-electron chi connectivity index (χ1n) is 7.60. The van der Waals surface area contributed by atoms with E-state index in [2.05, 4.69) is 0 Å². The van der Waals surface area contributed by atoms with Gasteiger partial charge in [0, 0.05) is 25.6 Å². The molecule has 2 heterocycles. The summed E-state index contributed by atoms with van der Waals surface area (Å²) in [6.07, 6.45) is -1.38. The quantitative estimate of drug-likeness (QED) is 0.747. The van der Waals surface area contributed by atoms with E-state index < -0.39 is 24.1 Å². The Morgan fingerprint density at radius 1 is 1.32 bits per heavy atom. The van der Waals surface area contributed by atoms with Gasteiger partial charge in [-0.05, 0) is 31.0 Å². The molecule has 1 aromatic rings. The highest BCUT2D eigenvalue weighted by Gasteiger charge is 2.52. The molecule has 2 aliphatic rings. The molecule has 1 aromatic carbocycles. The van der Waals surface area contributed by atoms with E-state index >= 15 is 0 Å². The summed E-state index contributed by atoms with van der Waals surface area (Å²) in [7, 11) is 0. The molecule has 22 heavy (non-hydrogen) atoms. The number of likely N-dealkylation sites (tertiary alicyclic amines) is 1. The predicted molar refractivity (Wildman–Crippen MR) is 77.6 cm³/mol. The molecular formula is C16H22FNO4. The highest BCUT2D eigenvalue weighted by Crippen LogP contribution is 2.37. The maximum Gasteiger partial charge on any atom is 0.164 e. The Kier molecular flexibility index (Phi) is 4.22. The minimum Gasteiger partial charge on any atom is -0.389 e. The Morgan fingerprint density at radius 2 is 2.00 bits per heavy atom. The van der Waals surface area contributed by atoms with E-state index in [1.807, 2.05) is 4.90 Å². The molecule has 2 aliphatic heterocycles. The molecule has 0 saturated carbocycles. The van der Waals surface area contributed by atoms with E-state index in [1.54, 1.807) is 19.1 Å². The summed E-state index contributed by atoms with van der Waals surface area (Å²) in [4.78, 5) is 2.03. The van der Waals surface area contributed by atoms with Crippen molar-refractivity contribution in [3.8, 4) is 0 Å². The molecular weight excluding hydrogens is 289 g/mol. The van der Waals surface area contributed by atoms with Crippen molar-refractivity contribution >= 4 is 0 Å². The number of β-amino-alcohol motifs (C(OH)–C–C–N with tert-alkyl or cyclic N) is 1. The number of nitrogens with zero attached hydrogens (tertiary/aromatic N) is 1. The Morgan fingerprint density at radius 3 is 2.68 bits per heavy atom. The lowest BCUT2D eigenvalue weighted by Gasteiger charge is -2.41. The summed E-state index contributed by atoms with van der Waals surface area (Å²) in [5, 5.41) is 30.1. The molecule has 0 bridgehead atoms. The number of fused-ring (bicyclic) bond motifs is 1. The molecule has 5 nitrogen and oxygen atoms in total. The molecule has 5 atom stereocenters. The average Bonchev–Trinajstić information content (AvgIpc) is 2.79. The molecule has 0 aliphatic carbocycles. The summed E-state index contributed by atoms with van der Waals surface area (Å²) in [6.45, 7) is 2.56. The van der Waals surface area contributed by atoms with Gasteiger partial charge in [-0.15, -0.1) is 0 Å². The van der Waals surface area contributed by atoms with E-state index in [-0.39, 0.29) is 11.9 Å². The van der Waals surface area contributed by atoms with Gasteiger partial charge >= 0.3 is 0 Å². The first-order chi connectivity index (χ1) is 10.4. The van der Waals surface area contributed by atoms with Crippen LogP contribution in [-0.2, 0) is 11.2 Å². The lowest BCUT2D eigenvalue weighted by Crippen LogP contribution is -2.59. The van der Waals surface area contributed by atoms with Crippen LogP contribution in [0.4, 0.5) is 4.39 Å². The summed E-state index contributed by atoms with van der Waals surface area (Å²) in [6, 6.07) is 6.20. The molecule has 0 unspecified atom stereocenters. The maximum atomic E-state index is 12.9. The third-order valence-corrected chi connectivity index (χ3v) is 4.58. The monoisotopic (exact) mass is 311 g/mol. The summed E-state index contributed by atoms with van der Waals surface area (Å²) in [5.41, 5.74) is 1.00. The molecule has 6 heteroatoms. The summed E-state index contributed by atoms with van der Waals surface area (Å²) in [5.74, 6) is -1.55. The fourth-order valence-electron chi connectivity index (χ4n) is 3.44. The van der Waals surface area contributed by atoms with Crippen molar-refractivity contribution in [1.29, 1.82) is 0 Å². The lowest BCUT2D eigenvalue weighted by atomic mass is 9.92. The molecule has 3 rings (SSSR count). The second-order valence-electron chi connectivity index (χ2n) is 6.46. The van der Waals surface area contributed by atoms with Crippen molar-refractivity contribution in [2.75, 3.05) is 13.1 Å². The summed E-state index contributed by atoms with van der Waals surface area (Å²) >= 11 is 0. The van der Waals surface area contributed by atoms with Gasteiger partial charge in [-0.1, -0.05) is 12.1 Å². The largest absolute Gasteiger partial charge is 0.389 e. The fraction of sp³-hybridized carbons (Fsp3) is 0.625. The number of hydrogen-bond donors (Lipinski definition) is 3. The third kappa shape index (κ3) is 3.16. The number of aliphatic hydroxyl groups is 3. The van der Waals surface area contributed by atoms with E-state index in [0.29, 0.717) is 25.9 Å². The van der Waals surface area contributed by atoms with Gasteiger partial charge in [0.1, 0.15) is 18.0 Å². The van der Waals surface area contributed by atoms with E-state index in [4.69, 9.17) is 4.74 Å². The van der Waals surface area contributed by atoms with E-state index in [0.717, 1.165) is 5.56 Å². The van der Waals surface area contributed by atoms with Crippen LogP contribution in [0.25, 0.3) is 0 Å². The van der Waals surface area contributed by atoms with Gasteiger partial charge in [-0.25, -0.2) is 4.39 Å². The predicted octanol–water partition coefficient (Wildman–Crippen LogP) is 0.272. The molecule has 2 saturated heterocycles. The van der Waals surface area contributed by atoms with Crippen molar-refractivity contribution in [1.82, 2.24) is 4.90 Å².